The van der Waals surface area contributed by atoms with Gasteiger partial charge < -0.3 is 25.2 Å². The fraction of sp³-hybridized carbons (Fsp3) is 0.233. The first-order valence-corrected chi connectivity index (χ1v) is 15.4. The van der Waals surface area contributed by atoms with E-state index < -0.39 is 6.04 Å². The van der Waals surface area contributed by atoms with Crippen molar-refractivity contribution in [3.63, 3.8) is 0 Å². The average Bonchev–Trinajstić information content (AvgIpc) is 3.37. The van der Waals surface area contributed by atoms with Crippen molar-refractivity contribution in [2.75, 3.05) is 23.8 Å². The van der Waals surface area contributed by atoms with Crippen LogP contribution in [0.5, 0.6) is 17.2 Å². The lowest BCUT2D eigenvalue weighted by Gasteiger charge is -2.29. The molecule has 3 N–H and O–H groups in total. The van der Waals surface area contributed by atoms with E-state index >= 15 is 0 Å². The lowest BCUT2D eigenvalue weighted by molar-refractivity contribution is -0.113. The number of hydrogen-bond donors (Lipinski definition) is 3. The second-order valence-corrected chi connectivity index (χ2v) is 11.5. The molecule has 1 aromatic heterocycles. The summed E-state index contributed by atoms with van der Waals surface area (Å²) in [5, 5.41) is 22.9. The highest BCUT2D eigenvalue weighted by Gasteiger charge is 2.35. The van der Waals surface area contributed by atoms with E-state index in [4.69, 9.17) is 31.2 Å². The van der Waals surface area contributed by atoms with Crippen LogP contribution < -0.4 is 20.1 Å². The predicted octanol–water partition coefficient (Wildman–Crippen LogP) is 7.42. The van der Waals surface area contributed by atoms with Crippen LogP contribution >= 0.6 is 39.3 Å². The maximum absolute atomic E-state index is 14.0. The first-order chi connectivity index (χ1) is 20.3. The molecular formula is C30H29BrClN5O4S. The van der Waals surface area contributed by atoms with E-state index in [9.17, 15) is 9.90 Å². The third-order valence-corrected chi connectivity index (χ3v) is 8.35. The maximum Gasteiger partial charge on any atom is 0.255 e. The van der Waals surface area contributed by atoms with E-state index in [1.165, 1.54) is 11.8 Å². The number of carbonyl (C=O) groups excluding carboxylic acids is 1. The van der Waals surface area contributed by atoms with Gasteiger partial charge in [0.25, 0.3) is 5.91 Å². The number of thioether (sulfide) groups is 1. The molecular weight excluding hydrogens is 642 g/mol. The highest BCUT2D eigenvalue weighted by molar-refractivity contribution is 9.10. The number of carbonyl (C=O) groups is 1. The van der Waals surface area contributed by atoms with Crippen LogP contribution in [0.1, 0.15) is 37.9 Å². The van der Waals surface area contributed by atoms with Gasteiger partial charge in [-0.3, -0.25) is 4.79 Å². The molecule has 1 atom stereocenters. The van der Waals surface area contributed by atoms with Gasteiger partial charge in [0.15, 0.2) is 11.5 Å². The number of fused-ring (bicyclic) bond motifs is 1. The summed E-state index contributed by atoms with van der Waals surface area (Å²) in [5.74, 6) is 1.54. The Labute approximate surface area is 261 Å². The zero-order valence-corrected chi connectivity index (χ0v) is 26.3. The summed E-state index contributed by atoms with van der Waals surface area (Å²) in [7, 11) is 0. The van der Waals surface area contributed by atoms with Gasteiger partial charge in [0.05, 0.1) is 28.9 Å². The second-order valence-electron chi connectivity index (χ2n) is 9.27. The molecule has 5 rings (SSSR count). The average molecular weight is 671 g/mol. The third kappa shape index (κ3) is 6.23. The molecule has 2 heterocycles. The number of ether oxygens (including phenoxy) is 2. The zero-order chi connectivity index (χ0) is 29.8. The maximum atomic E-state index is 14.0. The Morgan fingerprint density at radius 3 is 2.60 bits per heavy atom. The molecule has 0 saturated carbocycles. The Morgan fingerprint density at radius 1 is 1.12 bits per heavy atom. The Kier molecular flexibility index (Phi) is 9.30. The summed E-state index contributed by atoms with van der Waals surface area (Å²) in [6, 6.07) is 17.7. The minimum atomic E-state index is -0.696. The van der Waals surface area contributed by atoms with Crippen molar-refractivity contribution in [1.29, 1.82) is 0 Å². The van der Waals surface area contributed by atoms with Gasteiger partial charge in [-0.05, 0) is 78.2 Å². The molecule has 0 saturated heterocycles. The van der Waals surface area contributed by atoms with Crippen LogP contribution in [0.25, 0.3) is 0 Å². The van der Waals surface area contributed by atoms with Gasteiger partial charge in [0.1, 0.15) is 11.8 Å². The normalized spacial score (nSPS) is 14.3. The predicted molar refractivity (Wildman–Crippen MR) is 169 cm³/mol. The Balaban J connectivity index is 1.56. The molecule has 1 unspecified atom stereocenters. The molecule has 1 amide bonds. The Morgan fingerprint density at radius 2 is 1.83 bits per heavy atom. The second kappa shape index (κ2) is 13.1. The number of hydrogen-bond acceptors (Lipinski definition) is 8. The summed E-state index contributed by atoms with van der Waals surface area (Å²) >= 11 is 11.3. The van der Waals surface area contributed by atoms with Crippen molar-refractivity contribution in [2.24, 2.45) is 0 Å². The van der Waals surface area contributed by atoms with Gasteiger partial charge in [-0.1, -0.05) is 53.7 Å². The fourth-order valence-electron chi connectivity index (χ4n) is 4.61. The van der Waals surface area contributed by atoms with E-state index in [2.05, 4.69) is 26.6 Å². The van der Waals surface area contributed by atoms with Crippen molar-refractivity contribution >= 4 is 56.8 Å². The van der Waals surface area contributed by atoms with Crippen molar-refractivity contribution in [3.05, 3.63) is 92.6 Å². The molecule has 3 aromatic carbocycles. The van der Waals surface area contributed by atoms with Crippen LogP contribution in [0.4, 0.5) is 11.6 Å². The fourth-order valence-corrected chi connectivity index (χ4v) is 6.19. The van der Waals surface area contributed by atoms with Gasteiger partial charge in [0.2, 0.25) is 11.1 Å². The highest BCUT2D eigenvalue weighted by atomic mass is 79.9. The van der Waals surface area contributed by atoms with Crippen LogP contribution in [0.2, 0.25) is 5.02 Å². The number of nitrogens with zero attached hydrogens (tertiary/aromatic N) is 3. The van der Waals surface area contributed by atoms with Crippen molar-refractivity contribution in [3.8, 4) is 17.2 Å². The van der Waals surface area contributed by atoms with E-state index in [1.54, 1.807) is 28.9 Å². The number of allylic oxidation sites excluding steroid dienone is 1. The lowest BCUT2D eigenvalue weighted by Crippen LogP contribution is -2.31. The number of nitrogens with one attached hydrogen (secondary N) is 2. The van der Waals surface area contributed by atoms with Crippen LogP contribution in [-0.4, -0.2) is 39.0 Å². The van der Waals surface area contributed by atoms with Crippen LogP contribution in [0.3, 0.4) is 0 Å². The number of rotatable bonds is 10. The summed E-state index contributed by atoms with van der Waals surface area (Å²) in [4.78, 5) is 18.7. The van der Waals surface area contributed by atoms with E-state index in [-0.39, 0.29) is 17.4 Å². The number of anilines is 2. The molecule has 0 aliphatic carbocycles. The van der Waals surface area contributed by atoms with E-state index in [0.29, 0.717) is 67.8 Å². The summed E-state index contributed by atoms with van der Waals surface area (Å²) in [6.45, 7) is 6.35. The molecule has 4 aromatic rings. The van der Waals surface area contributed by atoms with Crippen LogP contribution in [0, 0.1) is 0 Å². The molecule has 9 nitrogen and oxygen atoms in total. The molecule has 0 spiro atoms. The topological polar surface area (TPSA) is 111 Å². The quantitative estimate of drug-likeness (QED) is 0.150. The molecule has 0 fully saturated rings. The molecule has 42 heavy (non-hydrogen) atoms. The smallest absolute Gasteiger partial charge is 0.255 e. The standard InChI is InChI=1S/C30H29BrClN5O4S/c1-4-40-23-13-9-8-12-22(23)34-28(39)25-17(3)33-29-35-30(42-16-18-10-6-7-11-21(18)32)36-37(29)26(25)19-14-20(31)27(38)24(15-19)41-5-2/h6-15,26,38H,4-5,16H2,1-3H3,(H,34,39)(H,33,35,36). The molecule has 1 aliphatic heterocycles. The number of benzene rings is 3. The van der Waals surface area contributed by atoms with Gasteiger partial charge in [-0.15, -0.1) is 5.10 Å². The number of amides is 1. The molecule has 12 heteroatoms. The Hall–Kier alpha value is -3.67. The SMILES string of the molecule is CCOc1ccccc1NC(=O)C1=C(C)Nc2nc(SCc3ccccc3Cl)nn2C1c1cc(Br)c(O)c(OCC)c1. The lowest BCUT2D eigenvalue weighted by atomic mass is 9.94. The summed E-state index contributed by atoms with van der Waals surface area (Å²) in [5.41, 5.74) is 3.21. The van der Waals surface area contributed by atoms with Crippen LogP contribution in [-0.2, 0) is 10.5 Å². The molecule has 1 aliphatic rings. The van der Waals surface area contributed by atoms with Gasteiger partial charge in [-0.2, -0.15) is 4.98 Å². The minimum absolute atomic E-state index is 0.0262. The van der Waals surface area contributed by atoms with Crippen molar-refractivity contribution in [1.82, 2.24) is 14.8 Å². The molecule has 218 valence electrons. The molecule has 0 bridgehead atoms. The number of aromatic hydroxyl groups is 1. The number of para-hydroxylation sites is 2. The van der Waals surface area contributed by atoms with Crippen LogP contribution in [0.15, 0.2) is 81.6 Å². The largest absolute Gasteiger partial charge is 0.503 e. The third-order valence-electron chi connectivity index (χ3n) is 6.49. The van der Waals surface area contributed by atoms with Gasteiger partial charge in [0, 0.05) is 16.5 Å². The Bertz CT molecular complexity index is 1660. The zero-order valence-electron chi connectivity index (χ0n) is 23.1. The number of phenolic OH excluding ortho intramolecular Hbond substituents is 1. The first kappa shape index (κ1) is 29.8. The number of phenols is 1. The first-order valence-electron chi connectivity index (χ1n) is 13.3. The molecule has 0 radical (unpaired) electrons. The van der Waals surface area contributed by atoms with Crippen molar-refractivity contribution in [2.45, 2.75) is 37.7 Å². The number of halogens is 2. The summed E-state index contributed by atoms with van der Waals surface area (Å²) < 4.78 is 13.5. The number of aromatic nitrogens is 3. The van der Waals surface area contributed by atoms with Gasteiger partial charge >= 0.3 is 0 Å². The highest BCUT2D eigenvalue weighted by Crippen LogP contribution is 2.43. The van der Waals surface area contributed by atoms with Gasteiger partial charge in [-0.25, -0.2) is 4.68 Å². The monoisotopic (exact) mass is 669 g/mol. The van der Waals surface area contributed by atoms with Crippen molar-refractivity contribution < 1.29 is 19.4 Å². The minimum Gasteiger partial charge on any atom is -0.503 e. The van der Waals surface area contributed by atoms with E-state index in [1.807, 2.05) is 57.2 Å². The summed E-state index contributed by atoms with van der Waals surface area (Å²) in [6.07, 6.45) is 0. The van der Waals surface area contributed by atoms with E-state index in [0.717, 1.165) is 5.56 Å².